The van der Waals surface area contributed by atoms with Gasteiger partial charge in [0.2, 0.25) is 0 Å². The molecule has 0 amide bonds. The standard InChI is InChI=1S/C24H42O21/c25-1-5-9(29)10(30)15(35)22(40-5)44-19-7(3-27)42-24(17(37)12(19)32)45-20-8(4-28)41-23(16(36)13(20)33)43-18-6(2-26)39-21(38)14(34)11(18)31/h5-38H,1-4H2/t5-,6-,7-,8-,9+,10+,11-,12-,13-,14-,15-,16-,17-,18-,19+,20+,21+,22+,23+,24+/m1/s1. The Bertz CT molecular complexity index is 910. The van der Waals surface area contributed by atoms with Gasteiger partial charge in [0.25, 0.3) is 0 Å². The number of ether oxygens (including phenoxy) is 7. The molecule has 4 heterocycles. The summed E-state index contributed by atoms with van der Waals surface area (Å²) in [4.78, 5) is 0. The quantitative estimate of drug-likeness (QED) is 0.103. The molecule has 4 fully saturated rings. The van der Waals surface area contributed by atoms with Crippen LogP contribution in [0.4, 0.5) is 0 Å². The lowest BCUT2D eigenvalue weighted by molar-refractivity contribution is -0.387. The van der Waals surface area contributed by atoms with E-state index in [1.54, 1.807) is 0 Å². The van der Waals surface area contributed by atoms with Gasteiger partial charge >= 0.3 is 0 Å². The summed E-state index contributed by atoms with van der Waals surface area (Å²) < 4.78 is 37.7. The zero-order chi connectivity index (χ0) is 33.3. The molecule has 0 unspecified atom stereocenters. The molecule has 4 aliphatic rings. The summed E-state index contributed by atoms with van der Waals surface area (Å²) in [5.74, 6) is 0. The van der Waals surface area contributed by atoms with Crippen LogP contribution >= 0.6 is 0 Å². The monoisotopic (exact) mass is 666 g/mol. The van der Waals surface area contributed by atoms with Crippen molar-refractivity contribution in [1.29, 1.82) is 0 Å². The number of aliphatic hydroxyl groups excluding tert-OH is 14. The minimum Gasteiger partial charge on any atom is -0.394 e. The maximum absolute atomic E-state index is 10.9. The lowest BCUT2D eigenvalue weighted by Crippen LogP contribution is -2.67. The van der Waals surface area contributed by atoms with E-state index in [4.69, 9.17) is 33.2 Å². The minimum absolute atomic E-state index is 0.784. The van der Waals surface area contributed by atoms with Crippen molar-refractivity contribution < 1.29 is 105 Å². The minimum atomic E-state index is -2.02. The molecular formula is C24H42O21. The average Bonchev–Trinajstić information content (AvgIpc) is 3.03. The Balaban J connectivity index is 1.43. The highest BCUT2D eigenvalue weighted by atomic mass is 16.8. The molecule has 0 radical (unpaired) electrons. The van der Waals surface area contributed by atoms with E-state index in [-0.39, 0.29) is 0 Å². The zero-order valence-electron chi connectivity index (χ0n) is 23.5. The van der Waals surface area contributed by atoms with Crippen LogP contribution in [0.15, 0.2) is 0 Å². The molecular weight excluding hydrogens is 624 g/mol. The van der Waals surface area contributed by atoms with Gasteiger partial charge in [-0.1, -0.05) is 0 Å². The Kier molecular flexibility index (Phi) is 12.8. The predicted molar refractivity (Wildman–Crippen MR) is 134 cm³/mol. The number of rotatable bonds is 10. The Morgan fingerprint density at radius 1 is 0.333 bits per heavy atom. The third-order valence-electron chi connectivity index (χ3n) is 8.20. The summed E-state index contributed by atoms with van der Waals surface area (Å²) in [6, 6.07) is 0. The second-order valence-electron chi connectivity index (χ2n) is 11.1. The van der Waals surface area contributed by atoms with Crippen molar-refractivity contribution in [2.75, 3.05) is 26.4 Å². The number of aliphatic hydroxyl groups is 14. The molecule has 21 nitrogen and oxygen atoms in total. The van der Waals surface area contributed by atoms with Gasteiger partial charge in [-0.3, -0.25) is 0 Å². The van der Waals surface area contributed by atoms with Crippen LogP contribution in [0.5, 0.6) is 0 Å². The SMILES string of the molecule is OC[C@H]1O[C@@H](O[C@@H]2[C@H](O)[C@@H](O)[C@H](O[C@@H]3[C@H](O)[C@@H](O)[C@H](O[C@H]4[C@H](O)[C@@H](O)[C@@H](O)O[C@@H]4CO)O[C@@H]3CO)O[C@@H]2CO)[C@H](O)[C@@H](O)[C@H]1O. The van der Waals surface area contributed by atoms with Gasteiger partial charge in [-0.05, 0) is 0 Å². The van der Waals surface area contributed by atoms with Crippen LogP contribution in [-0.2, 0) is 33.2 Å². The first-order chi connectivity index (χ1) is 21.3. The smallest absolute Gasteiger partial charge is 0.187 e. The highest BCUT2D eigenvalue weighted by molar-refractivity contribution is 4.97. The molecule has 0 aromatic heterocycles. The second kappa shape index (κ2) is 15.6. The highest BCUT2D eigenvalue weighted by Gasteiger charge is 2.55. The molecule has 0 spiro atoms. The van der Waals surface area contributed by atoms with E-state index in [0.717, 1.165) is 0 Å². The van der Waals surface area contributed by atoms with Crippen LogP contribution in [0.1, 0.15) is 0 Å². The van der Waals surface area contributed by atoms with Gasteiger partial charge in [0, 0.05) is 0 Å². The third-order valence-corrected chi connectivity index (χ3v) is 8.20. The molecule has 0 aliphatic carbocycles. The Morgan fingerprint density at radius 3 is 1.02 bits per heavy atom. The molecule has 14 N–H and O–H groups in total. The fourth-order valence-corrected chi connectivity index (χ4v) is 5.55. The van der Waals surface area contributed by atoms with Gasteiger partial charge in [-0.25, -0.2) is 0 Å². The fourth-order valence-electron chi connectivity index (χ4n) is 5.55. The van der Waals surface area contributed by atoms with Crippen molar-refractivity contribution in [3.05, 3.63) is 0 Å². The molecule has 4 rings (SSSR count). The van der Waals surface area contributed by atoms with Crippen LogP contribution in [0, 0.1) is 0 Å². The van der Waals surface area contributed by atoms with E-state index in [1.165, 1.54) is 0 Å². The van der Waals surface area contributed by atoms with Crippen molar-refractivity contribution in [1.82, 2.24) is 0 Å². The first kappa shape index (κ1) is 37.0. The molecule has 45 heavy (non-hydrogen) atoms. The van der Waals surface area contributed by atoms with Crippen molar-refractivity contribution in [3.63, 3.8) is 0 Å². The first-order valence-corrected chi connectivity index (χ1v) is 14.1. The molecule has 264 valence electrons. The highest BCUT2D eigenvalue weighted by Crippen LogP contribution is 2.34. The Labute approximate surface area is 254 Å². The maximum atomic E-state index is 10.9. The van der Waals surface area contributed by atoms with Crippen LogP contribution in [-0.4, -0.2) is 221 Å². The molecule has 0 saturated carbocycles. The number of hydrogen-bond acceptors (Lipinski definition) is 21. The van der Waals surface area contributed by atoms with Crippen LogP contribution in [0.25, 0.3) is 0 Å². The summed E-state index contributed by atoms with van der Waals surface area (Å²) >= 11 is 0. The van der Waals surface area contributed by atoms with Gasteiger partial charge in [-0.15, -0.1) is 0 Å². The summed E-state index contributed by atoms with van der Waals surface area (Å²) in [6.07, 6.45) is -35.3. The van der Waals surface area contributed by atoms with E-state index < -0.39 is 149 Å². The largest absolute Gasteiger partial charge is 0.394 e. The van der Waals surface area contributed by atoms with Crippen molar-refractivity contribution in [3.8, 4) is 0 Å². The lowest BCUT2D eigenvalue weighted by Gasteiger charge is -2.49. The van der Waals surface area contributed by atoms with Crippen LogP contribution in [0.2, 0.25) is 0 Å². The molecule has 21 heteroatoms. The molecule has 4 aliphatic heterocycles. The summed E-state index contributed by atoms with van der Waals surface area (Å²) in [5.41, 5.74) is 0. The summed E-state index contributed by atoms with van der Waals surface area (Å²) in [7, 11) is 0. The van der Waals surface area contributed by atoms with Crippen LogP contribution < -0.4 is 0 Å². The first-order valence-electron chi connectivity index (χ1n) is 14.1. The van der Waals surface area contributed by atoms with Gasteiger partial charge < -0.3 is 105 Å². The van der Waals surface area contributed by atoms with Gasteiger partial charge in [0.15, 0.2) is 25.2 Å². The van der Waals surface area contributed by atoms with E-state index in [9.17, 15) is 71.5 Å². The van der Waals surface area contributed by atoms with Gasteiger partial charge in [-0.2, -0.15) is 0 Å². The van der Waals surface area contributed by atoms with Crippen molar-refractivity contribution >= 4 is 0 Å². The van der Waals surface area contributed by atoms with Gasteiger partial charge in [0.1, 0.15) is 97.7 Å². The van der Waals surface area contributed by atoms with Gasteiger partial charge in [0.05, 0.1) is 26.4 Å². The lowest BCUT2D eigenvalue weighted by atomic mass is 9.95. The van der Waals surface area contributed by atoms with Crippen molar-refractivity contribution in [2.45, 2.75) is 123 Å². The topological polar surface area (TPSA) is 348 Å². The molecule has 0 aromatic carbocycles. The Morgan fingerprint density at radius 2 is 0.644 bits per heavy atom. The zero-order valence-corrected chi connectivity index (χ0v) is 23.5. The van der Waals surface area contributed by atoms with E-state index in [1.807, 2.05) is 0 Å². The van der Waals surface area contributed by atoms with E-state index in [0.29, 0.717) is 0 Å². The fraction of sp³-hybridized carbons (Fsp3) is 1.00. The predicted octanol–water partition coefficient (Wildman–Crippen LogP) is -9.75. The van der Waals surface area contributed by atoms with Crippen LogP contribution in [0.3, 0.4) is 0 Å². The summed E-state index contributed by atoms with van der Waals surface area (Å²) in [6.45, 7) is -3.39. The molecule has 20 atom stereocenters. The normalized spacial score (nSPS) is 52.9. The maximum Gasteiger partial charge on any atom is 0.187 e. The molecule has 0 bridgehead atoms. The van der Waals surface area contributed by atoms with E-state index in [2.05, 4.69) is 0 Å². The Hall–Kier alpha value is -0.840. The molecule has 4 saturated heterocycles. The van der Waals surface area contributed by atoms with Crippen molar-refractivity contribution in [2.24, 2.45) is 0 Å². The summed E-state index contributed by atoms with van der Waals surface area (Å²) in [5, 5.41) is 142. The molecule has 0 aromatic rings. The average molecular weight is 667 g/mol. The van der Waals surface area contributed by atoms with E-state index >= 15 is 0 Å². The number of hydrogen-bond donors (Lipinski definition) is 14. The third kappa shape index (κ3) is 7.44. The second-order valence-corrected chi connectivity index (χ2v) is 11.1.